The number of thiazole rings is 1. The fourth-order valence-corrected chi connectivity index (χ4v) is 3.88. The van der Waals surface area contributed by atoms with Gasteiger partial charge in [0.15, 0.2) is 0 Å². The summed E-state index contributed by atoms with van der Waals surface area (Å²) >= 11 is 1.40. The van der Waals surface area contributed by atoms with Crippen molar-refractivity contribution in [3.63, 3.8) is 0 Å². The van der Waals surface area contributed by atoms with Crippen molar-refractivity contribution >= 4 is 39.4 Å². The Kier molecular flexibility index (Phi) is 6.15. The van der Waals surface area contributed by atoms with Crippen molar-refractivity contribution < 1.29 is 9.53 Å². The molecule has 0 aliphatic carbocycles. The van der Waals surface area contributed by atoms with Crippen LogP contribution in [0.5, 0.6) is 0 Å². The molecule has 0 atom stereocenters. The lowest BCUT2D eigenvalue weighted by atomic mass is 9.97. The zero-order valence-corrected chi connectivity index (χ0v) is 17.4. The predicted molar refractivity (Wildman–Crippen MR) is 123 cm³/mol. The SMILES string of the molecule is CCOC(=O)Cc1csc(NN=Cc2cccc(-c3cccc4ccccc34)c2)n1. The maximum atomic E-state index is 11.5. The van der Waals surface area contributed by atoms with Gasteiger partial charge >= 0.3 is 5.97 Å². The molecule has 0 radical (unpaired) electrons. The first kappa shape index (κ1) is 19.8. The van der Waals surface area contributed by atoms with E-state index in [1.807, 2.05) is 17.5 Å². The number of rotatable bonds is 7. The van der Waals surface area contributed by atoms with Crippen LogP contribution in [0.4, 0.5) is 5.13 Å². The Balaban J connectivity index is 1.47. The summed E-state index contributed by atoms with van der Waals surface area (Å²) in [5, 5.41) is 9.21. The van der Waals surface area contributed by atoms with Crippen molar-refractivity contribution in [1.29, 1.82) is 0 Å². The molecule has 0 saturated heterocycles. The van der Waals surface area contributed by atoms with Gasteiger partial charge in [-0.3, -0.25) is 10.2 Å². The molecule has 150 valence electrons. The van der Waals surface area contributed by atoms with Gasteiger partial charge in [-0.25, -0.2) is 4.98 Å². The van der Waals surface area contributed by atoms with E-state index in [-0.39, 0.29) is 12.4 Å². The summed E-state index contributed by atoms with van der Waals surface area (Å²) in [6, 6.07) is 23.0. The molecule has 0 spiro atoms. The smallest absolute Gasteiger partial charge is 0.311 e. The van der Waals surface area contributed by atoms with Crippen molar-refractivity contribution in [2.75, 3.05) is 12.0 Å². The third kappa shape index (κ3) is 4.72. The molecule has 30 heavy (non-hydrogen) atoms. The van der Waals surface area contributed by atoms with E-state index in [4.69, 9.17) is 4.74 Å². The third-order valence-corrected chi connectivity index (χ3v) is 5.34. The lowest BCUT2D eigenvalue weighted by molar-refractivity contribution is -0.142. The molecule has 0 aliphatic rings. The van der Waals surface area contributed by atoms with E-state index >= 15 is 0 Å². The minimum Gasteiger partial charge on any atom is -0.466 e. The van der Waals surface area contributed by atoms with E-state index in [2.05, 4.69) is 70.1 Å². The highest BCUT2D eigenvalue weighted by molar-refractivity contribution is 7.13. The molecule has 0 unspecified atom stereocenters. The number of hydrazone groups is 1. The first-order chi connectivity index (χ1) is 14.7. The molecule has 4 rings (SSSR count). The van der Waals surface area contributed by atoms with Gasteiger partial charge in [-0.15, -0.1) is 11.3 Å². The Morgan fingerprint density at radius 1 is 1.13 bits per heavy atom. The first-order valence-electron chi connectivity index (χ1n) is 9.70. The van der Waals surface area contributed by atoms with Gasteiger partial charge in [0, 0.05) is 5.38 Å². The van der Waals surface area contributed by atoms with Crippen molar-refractivity contribution in [1.82, 2.24) is 4.98 Å². The molecule has 0 aliphatic heterocycles. The van der Waals surface area contributed by atoms with E-state index in [9.17, 15) is 4.79 Å². The topological polar surface area (TPSA) is 63.6 Å². The molecule has 0 saturated carbocycles. The minimum atomic E-state index is -0.275. The Morgan fingerprint density at radius 3 is 2.87 bits per heavy atom. The summed E-state index contributed by atoms with van der Waals surface area (Å²) in [5.74, 6) is -0.275. The summed E-state index contributed by atoms with van der Waals surface area (Å²) in [6.45, 7) is 2.16. The van der Waals surface area contributed by atoms with E-state index in [0.717, 1.165) is 11.1 Å². The highest BCUT2D eigenvalue weighted by atomic mass is 32.1. The van der Waals surface area contributed by atoms with Crippen molar-refractivity contribution in [3.8, 4) is 11.1 Å². The van der Waals surface area contributed by atoms with Crippen molar-refractivity contribution in [3.05, 3.63) is 83.4 Å². The van der Waals surface area contributed by atoms with Gasteiger partial charge in [-0.05, 0) is 40.5 Å². The van der Waals surface area contributed by atoms with E-state index < -0.39 is 0 Å². The zero-order valence-electron chi connectivity index (χ0n) is 16.5. The summed E-state index contributed by atoms with van der Waals surface area (Å²) < 4.78 is 4.94. The van der Waals surface area contributed by atoms with Gasteiger partial charge in [0.25, 0.3) is 0 Å². The number of benzene rings is 3. The summed E-state index contributed by atoms with van der Waals surface area (Å²) in [4.78, 5) is 15.9. The molecule has 3 aromatic carbocycles. The molecular formula is C24H21N3O2S. The summed E-state index contributed by atoms with van der Waals surface area (Å²) in [5.41, 5.74) is 6.92. The lowest BCUT2D eigenvalue weighted by Gasteiger charge is -2.07. The highest BCUT2D eigenvalue weighted by Gasteiger charge is 2.08. The Labute approximate surface area is 179 Å². The molecule has 0 amide bonds. The largest absolute Gasteiger partial charge is 0.466 e. The van der Waals surface area contributed by atoms with Crippen LogP contribution >= 0.6 is 11.3 Å². The number of nitrogens with zero attached hydrogens (tertiary/aromatic N) is 2. The van der Waals surface area contributed by atoms with Crippen molar-refractivity contribution in [2.45, 2.75) is 13.3 Å². The number of anilines is 1. The van der Waals surface area contributed by atoms with Gasteiger partial charge in [-0.1, -0.05) is 60.7 Å². The fourth-order valence-electron chi connectivity index (χ4n) is 3.23. The van der Waals surface area contributed by atoms with Crippen LogP contribution in [0, 0.1) is 0 Å². The number of hydrogen-bond acceptors (Lipinski definition) is 6. The van der Waals surface area contributed by atoms with Crippen LogP contribution in [0.15, 0.2) is 77.2 Å². The van der Waals surface area contributed by atoms with Crippen LogP contribution in [0.2, 0.25) is 0 Å². The Morgan fingerprint density at radius 2 is 1.97 bits per heavy atom. The highest BCUT2D eigenvalue weighted by Crippen LogP contribution is 2.28. The van der Waals surface area contributed by atoms with Gasteiger partial charge in [0.2, 0.25) is 5.13 Å². The predicted octanol–water partition coefficient (Wildman–Crippen LogP) is 5.51. The summed E-state index contributed by atoms with van der Waals surface area (Å²) in [7, 11) is 0. The maximum Gasteiger partial charge on any atom is 0.311 e. The van der Waals surface area contributed by atoms with Gasteiger partial charge in [-0.2, -0.15) is 5.10 Å². The number of nitrogens with one attached hydrogen (secondary N) is 1. The second kappa shape index (κ2) is 9.33. The monoisotopic (exact) mass is 415 g/mol. The fraction of sp³-hybridized carbons (Fsp3) is 0.125. The van der Waals surface area contributed by atoms with E-state index in [1.54, 1.807) is 13.1 Å². The standard InChI is InChI=1S/C24H21N3O2S/c1-2-29-23(28)14-20-16-30-24(26-20)27-25-15-17-7-5-10-19(13-17)22-12-6-9-18-8-3-4-11-21(18)22/h3-13,15-16H,2,14H2,1H3,(H,26,27). The van der Waals surface area contributed by atoms with Crippen LogP contribution in [0.25, 0.3) is 21.9 Å². The number of ether oxygens (including phenoxy) is 1. The third-order valence-electron chi connectivity index (χ3n) is 4.54. The van der Waals surface area contributed by atoms with E-state index in [0.29, 0.717) is 17.4 Å². The minimum absolute atomic E-state index is 0.169. The van der Waals surface area contributed by atoms with Crippen LogP contribution in [-0.4, -0.2) is 23.8 Å². The molecule has 0 bridgehead atoms. The van der Waals surface area contributed by atoms with Crippen molar-refractivity contribution in [2.24, 2.45) is 5.10 Å². The molecule has 6 heteroatoms. The quantitative estimate of drug-likeness (QED) is 0.245. The van der Waals surface area contributed by atoms with Crippen LogP contribution < -0.4 is 5.43 Å². The average Bonchev–Trinajstić information content (AvgIpc) is 3.20. The van der Waals surface area contributed by atoms with Crippen LogP contribution in [-0.2, 0) is 16.0 Å². The molecule has 1 N–H and O–H groups in total. The number of fused-ring (bicyclic) bond motifs is 1. The number of carbonyl (C=O) groups excluding carboxylic acids is 1. The van der Waals surface area contributed by atoms with E-state index in [1.165, 1.54) is 27.7 Å². The lowest BCUT2D eigenvalue weighted by Crippen LogP contribution is -2.07. The van der Waals surface area contributed by atoms with Gasteiger partial charge < -0.3 is 4.74 Å². The number of esters is 1. The summed E-state index contributed by atoms with van der Waals surface area (Å²) in [6.07, 6.45) is 1.93. The second-order valence-electron chi connectivity index (χ2n) is 6.65. The molecular weight excluding hydrogens is 394 g/mol. The number of hydrogen-bond donors (Lipinski definition) is 1. The molecule has 5 nitrogen and oxygen atoms in total. The Bertz CT molecular complexity index is 1190. The molecule has 4 aromatic rings. The van der Waals surface area contributed by atoms with Gasteiger partial charge in [0.1, 0.15) is 0 Å². The average molecular weight is 416 g/mol. The Hall–Kier alpha value is -3.51. The second-order valence-corrected chi connectivity index (χ2v) is 7.51. The van der Waals surface area contributed by atoms with Gasteiger partial charge in [0.05, 0.1) is 24.9 Å². The van der Waals surface area contributed by atoms with Crippen LogP contribution in [0.1, 0.15) is 18.2 Å². The zero-order chi connectivity index (χ0) is 20.8. The number of carbonyl (C=O) groups is 1. The number of aromatic nitrogens is 1. The normalized spacial score (nSPS) is 11.1. The molecule has 1 heterocycles. The molecule has 1 aromatic heterocycles. The maximum absolute atomic E-state index is 11.5. The first-order valence-corrected chi connectivity index (χ1v) is 10.6. The molecule has 0 fully saturated rings. The van der Waals surface area contributed by atoms with Crippen LogP contribution in [0.3, 0.4) is 0 Å².